The van der Waals surface area contributed by atoms with Crippen LogP contribution < -0.4 is 4.74 Å². The molecule has 4 rings (SSSR count). The first-order chi connectivity index (χ1) is 17.1. The molecule has 0 heterocycles. The number of fused-ring (bicyclic) bond motifs is 1. The lowest BCUT2D eigenvalue weighted by Crippen LogP contribution is -2.11. The number of aliphatic carboxylic acids is 1. The zero-order valence-corrected chi connectivity index (χ0v) is 20.1. The van der Waals surface area contributed by atoms with Crippen LogP contribution in [0.3, 0.4) is 0 Å². The molecule has 0 fully saturated rings. The van der Waals surface area contributed by atoms with Crippen molar-refractivity contribution in [1.29, 1.82) is 0 Å². The number of rotatable bonds is 8. The maximum absolute atomic E-state index is 13.6. The molecule has 186 valence electrons. The van der Waals surface area contributed by atoms with Crippen molar-refractivity contribution in [3.63, 3.8) is 0 Å². The summed E-state index contributed by atoms with van der Waals surface area (Å²) < 4.78 is 46.2. The van der Waals surface area contributed by atoms with Crippen LogP contribution in [-0.2, 0) is 23.8 Å². The van der Waals surface area contributed by atoms with Crippen LogP contribution in [0.5, 0.6) is 5.75 Å². The Labute approximate surface area is 208 Å². The quantitative estimate of drug-likeness (QED) is 0.273. The van der Waals surface area contributed by atoms with Gasteiger partial charge in [0.05, 0.1) is 5.56 Å². The number of carboxylic acids is 1. The van der Waals surface area contributed by atoms with Gasteiger partial charge in [0.2, 0.25) is 0 Å². The molecule has 0 bridgehead atoms. The van der Waals surface area contributed by atoms with E-state index in [9.17, 15) is 18.0 Å². The summed E-state index contributed by atoms with van der Waals surface area (Å²) in [6.07, 6.45) is -3.40. The Morgan fingerprint density at radius 1 is 0.889 bits per heavy atom. The molecule has 0 saturated heterocycles. The lowest BCUT2D eigenvalue weighted by molar-refractivity contribution is -0.139. The Morgan fingerprint density at radius 3 is 2.36 bits per heavy atom. The molecule has 4 aromatic carbocycles. The largest absolute Gasteiger partial charge is 0.482 e. The Morgan fingerprint density at radius 2 is 1.64 bits per heavy atom. The highest BCUT2D eigenvalue weighted by molar-refractivity contribution is 5.86. The van der Waals surface area contributed by atoms with Gasteiger partial charge in [0.25, 0.3) is 0 Å². The van der Waals surface area contributed by atoms with Crippen LogP contribution >= 0.6 is 0 Å². The topological polar surface area (TPSA) is 46.5 Å². The normalized spacial score (nSPS) is 11.7. The average molecular weight is 493 g/mol. The van der Waals surface area contributed by atoms with Crippen LogP contribution in [0, 0.1) is 5.92 Å². The molecule has 0 saturated carbocycles. The molecule has 0 spiro atoms. The van der Waals surface area contributed by atoms with Crippen LogP contribution in [0.1, 0.15) is 36.1 Å². The van der Waals surface area contributed by atoms with Crippen molar-refractivity contribution in [2.24, 2.45) is 5.92 Å². The Bertz CT molecular complexity index is 1380. The Kier molecular flexibility index (Phi) is 7.34. The van der Waals surface area contributed by atoms with Crippen LogP contribution in [0.15, 0.2) is 78.9 Å². The van der Waals surface area contributed by atoms with Crippen LogP contribution in [0.4, 0.5) is 13.2 Å². The highest BCUT2D eigenvalue weighted by atomic mass is 19.4. The third-order valence-corrected chi connectivity index (χ3v) is 6.05. The standard InChI is InChI=1S/C30H27F3O3/c1-19(2)14-22-10-12-25(30(31,32)33)17-27(22)23-11-13-28(36-18-29(34)35)24(16-23)15-21-8-5-7-20-6-3-4-9-26(20)21/h3-13,16-17,19H,14-15,18H2,1-2H3,(H,34,35). The lowest BCUT2D eigenvalue weighted by atomic mass is 9.90. The van der Waals surface area contributed by atoms with Crippen LogP contribution in [-0.4, -0.2) is 17.7 Å². The lowest BCUT2D eigenvalue weighted by Gasteiger charge is -2.18. The summed E-state index contributed by atoms with van der Waals surface area (Å²) in [7, 11) is 0. The van der Waals surface area contributed by atoms with E-state index in [2.05, 4.69) is 0 Å². The third-order valence-electron chi connectivity index (χ3n) is 6.05. The minimum absolute atomic E-state index is 0.258. The fourth-order valence-corrected chi connectivity index (χ4v) is 4.46. The maximum Gasteiger partial charge on any atom is 0.416 e. The van der Waals surface area contributed by atoms with Gasteiger partial charge in [0, 0.05) is 6.42 Å². The highest BCUT2D eigenvalue weighted by Gasteiger charge is 2.31. The van der Waals surface area contributed by atoms with Crippen molar-refractivity contribution in [3.8, 4) is 16.9 Å². The van der Waals surface area contributed by atoms with Gasteiger partial charge >= 0.3 is 12.1 Å². The summed E-state index contributed by atoms with van der Waals surface area (Å²) in [6, 6.07) is 22.9. The summed E-state index contributed by atoms with van der Waals surface area (Å²) in [4.78, 5) is 11.2. The first-order valence-electron chi connectivity index (χ1n) is 11.8. The van der Waals surface area contributed by atoms with E-state index < -0.39 is 24.3 Å². The molecule has 3 nitrogen and oxygen atoms in total. The number of alkyl halides is 3. The van der Waals surface area contributed by atoms with Gasteiger partial charge in [0.15, 0.2) is 6.61 Å². The zero-order chi connectivity index (χ0) is 25.9. The number of carboxylic acid groups (broad SMARTS) is 1. The molecular weight excluding hydrogens is 465 g/mol. The zero-order valence-electron chi connectivity index (χ0n) is 20.1. The van der Waals surface area contributed by atoms with Gasteiger partial charge in [-0.15, -0.1) is 0 Å². The van der Waals surface area contributed by atoms with Crippen molar-refractivity contribution in [2.45, 2.75) is 32.9 Å². The Hall–Kier alpha value is -3.80. The predicted octanol–water partition coefficient (Wildman–Crippen LogP) is 7.78. The number of hydrogen-bond donors (Lipinski definition) is 1. The molecule has 6 heteroatoms. The maximum atomic E-state index is 13.6. The molecule has 36 heavy (non-hydrogen) atoms. The van der Waals surface area contributed by atoms with Gasteiger partial charge in [0.1, 0.15) is 5.75 Å². The van der Waals surface area contributed by atoms with Gasteiger partial charge < -0.3 is 9.84 Å². The van der Waals surface area contributed by atoms with Crippen molar-refractivity contribution in [3.05, 3.63) is 101 Å². The van der Waals surface area contributed by atoms with Gasteiger partial charge in [-0.1, -0.05) is 68.4 Å². The SMILES string of the molecule is CC(C)Cc1ccc(C(F)(F)F)cc1-c1ccc(OCC(=O)O)c(Cc2cccc3ccccc23)c1. The van der Waals surface area contributed by atoms with E-state index in [0.717, 1.165) is 28.0 Å². The summed E-state index contributed by atoms with van der Waals surface area (Å²) in [5.41, 5.74) is 2.99. The summed E-state index contributed by atoms with van der Waals surface area (Å²) in [5.74, 6) is -0.451. The fourth-order valence-electron chi connectivity index (χ4n) is 4.46. The van der Waals surface area contributed by atoms with Gasteiger partial charge in [-0.2, -0.15) is 13.2 Å². The van der Waals surface area contributed by atoms with Crippen LogP contribution in [0.25, 0.3) is 21.9 Å². The first-order valence-corrected chi connectivity index (χ1v) is 11.8. The average Bonchev–Trinajstić information content (AvgIpc) is 2.82. The minimum atomic E-state index is -4.46. The molecule has 0 aliphatic rings. The number of carbonyl (C=O) groups is 1. The highest BCUT2D eigenvalue weighted by Crippen LogP contribution is 2.37. The second-order valence-electron chi connectivity index (χ2n) is 9.29. The van der Waals surface area contributed by atoms with Crippen molar-refractivity contribution < 1.29 is 27.8 Å². The first kappa shape index (κ1) is 25.3. The summed E-state index contributed by atoms with van der Waals surface area (Å²) in [6.45, 7) is 3.54. The predicted molar refractivity (Wildman–Crippen MR) is 135 cm³/mol. The van der Waals surface area contributed by atoms with E-state index in [0.29, 0.717) is 35.3 Å². The van der Waals surface area contributed by atoms with E-state index in [4.69, 9.17) is 9.84 Å². The number of halogens is 3. The van der Waals surface area contributed by atoms with Gasteiger partial charge in [-0.25, -0.2) is 4.79 Å². The second kappa shape index (κ2) is 10.4. The van der Waals surface area contributed by atoms with E-state index in [1.807, 2.05) is 62.4 Å². The third kappa shape index (κ3) is 5.88. The van der Waals surface area contributed by atoms with Gasteiger partial charge in [-0.05, 0) is 75.2 Å². The molecule has 0 radical (unpaired) electrons. The molecule has 0 atom stereocenters. The van der Waals surface area contributed by atoms with Crippen molar-refractivity contribution in [2.75, 3.05) is 6.61 Å². The van der Waals surface area contributed by atoms with Gasteiger partial charge in [-0.3, -0.25) is 0 Å². The smallest absolute Gasteiger partial charge is 0.416 e. The molecule has 0 amide bonds. The second-order valence-corrected chi connectivity index (χ2v) is 9.29. The van der Waals surface area contributed by atoms with E-state index in [-0.39, 0.29) is 5.92 Å². The summed E-state index contributed by atoms with van der Waals surface area (Å²) in [5, 5.41) is 11.2. The number of hydrogen-bond acceptors (Lipinski definition) is 2. The fraction of sp³-hybridized carbons (Fsp3) is 0.233. The number of ether oxygens (including phenoxy) is 1. The number of benzene rings is 4. The van der Waals surface area contributed by atoms with E-state index >= 15 is 0 Å². The van der Waals surface area contributed by atoms with Crippen molar-refractivity contribution in [1.82, 2.24) is 0 Å². The molecule has 0 aliphatic carbocycles. The molecule has 4 aromatic rings. The minimum Gasteiger partial charge on any atom is -0.482 e. The van der Waals surface area contributed by atoms with E-state index in [1.54, 1.807) is 18.2 Å². The van der Waals surface area contributed by atoms with E-state index in [1.165, 1.54) is 6.07 Å². The van der Waals surface area contributed by atoms with Crippen LogP contribution in [0.2, 0.25) is 0 Å². The van der Waals surface area contributed by atoms with Crippen molar-refractivity contribution >= 4 is 16.7 Å². The molecule has 0 aromatic heterocycles. The molecule has 1 N–H and O–H groups in total. The molecular formula is C30H27F3O3. The molecule has 0 unspecified atom stereocenters. The monoisotopic (exact) mass is 492 g/mol. The summed E-state index contributed by atoms with van der Waals surface area (Å²) >= 11 is 0. The molecule has 0 aliphatic heterocycles. The Balaban J connectivity index is 1.84.